The normalized spacial score (nSPS) is 29.8. The summed E-state index contributed by atoms with van der Waals surface area (Å²) in [6, 6.07) is 0.209. The molecule has 0 aromatic heterocycles. The van der Waals surface area contributed by atoms with Gasteiger partial charge in [-0.25, -0.2) is 0 Å². The largest absolute Gasteiger partial charge is 0.393 e. The van der Waals surface area contributed by atoms with Crippen LogP contribution in [0.3, 0.4) is 0 Å². The first-order valence-corrected chi connectivity index (χ1v) is 4.69. The monoisotopic (exact) mass is 171 g/mol. The highest BCUT2D eigenvalue weighted by atomic mass is 16.3. The molecule has 1 aliphatic rings. The van der Waals surface area contributed by atoms with E-state index in [1.54, 1.807) is 0 Å². The molecule has 0 radical (unpaired) electrons. The van der Waals surface area contributed by atoms with Crippen LogP contribution in [0.1, 0.15) is 39.0 Å². The average Bonchev–Trinajstić information content (AvgIpc) is 2.04. The van der Waals surface area contributed by atoms with Crippen LogP contribution in [0.5, 0.6) is 0 Å². The van der Waals surface area contributed by atoms with Crippen molar-refractivity contribution in [3.63, 3.8) is 0 Å². The van der Waals surface area contributed by atoms with Crippen LogP contribution >= 0.6 is 0 Å². The van der Waals surface area contributed by atoms with E-state index < -0.39 is 0 Å². The quantitative estimate of drug-likeness (QED) is 0.646. The van der Waals surface area contributed by atoms with Crippen molar-refractivity contribution < 1.29 is 9.90 Å². The van der Waals surface area contributed by atoms with Crippen molar-refractivity contribution in [1.29, 1.82) is 0 Å². The predicted molar refractivity (Wildman–Crippen MR) is 46.7 cm³/mol. The zero-order valence-electron chi connectivity index (χ0n) is 7.55. The Kier molecular flexibility index (Phi) is 3.53. The number of rotatable bonds is 2. The fraction of sp³-hybridized carbons (Fsp3) is 0.889. The van der Waals surface area contributed by atoms with E-state index in [0.717, 1.165) is 25.7 Å². The molecule has 1 amide bonds. The van der Waals surface area contributed by atoms with Gasteiger partial charge in [0, 0.05) is 12.5 Å². The highest BCUT2D eigenvalue weighted by Gasteiger charge is 2.20. The molecule has 2 atom stereocenters. The third-order valence-corrected chi connectivity index (χ3v) is 2.33. The molecule has 0 unspecified atom stereocenters. The molecule has 0 aromatic carbocycles. The summed E-state index contributed by atoms with van der Waals surface area (Å²) in [6.45, 7) is 1.84. The Hall–Kier alpha value is -0.570. The number of amides is 1. The van der Waals surface area contributed by atoms with Crippen molar-refractivity contribution in [3.05, 3.63) is 0 Å². The molecule has 0 heterocycles. The molecule has 2 N–H and O–H groups in total. The van der Waals surface area contributed by atoms with Gasteiger partial charge >= 0.3 is 0 Å². The van der Waals surface area contributed by atoms with Crippen molar-refractivity contribution in [1.82, 2.24) is 5.32 Å². The van der Waals surface area contributed by atoms with Gasteiger partial charge in [0.15, 0.2) is 0 Å². The molecule has 0 saturated heterocycles. The molecule has 0 spiro atoms. The summed E-state index contributed by atoms with van der Waals surface area (Å²) in [6.07, 6.45) is 3.98. The van der Waals surface area contributed by atoms with Crippen LogP contribution in [0.15, 0.2) is 0 Å². The van der Waals surface area contributed by atoms with Crippen LogP contribution < -0.4 is 5.32 Å². The zero-order valence-corrected chi connectivity index (χ0v) is 7.55. The summed E-state index contributed by atoms with van der Waals surface area (Å²) >= 11 is 0. The topological polar surface area (TPSA) is 49.3 Å². The summed E-state index contributed by atoms with van der Waals surface area (Å²) < 4.78 is 0. The van der Waals surface area contributed by atoms with Gasteiger partial charge in [0.2, 0.25) is 5.91 Å². The molecule has 1 aliphatic carbocycles. The fourth-order valence-corrected chi connectivity index (χ4v) is 1.62. The van der Waals surface area contributed by atoms with E-state index in [2.05, 4.69) is 5.32 Å². The SMILES string of the molecule is CCC(=O)N[C@H]1CCC[C@H](O)C1. The summed E-state index contributed by atoms with van der Waals surface area (Å²) in [5.74, 6) is 0.0918. The highest BCUT2D eigenvalue weighted by molar-refractivity contribution is 5.75. The lowest BCUT2D eigenvalue weighted by molar-refractivity contribution is -0.121. The Balaban J connectivity index is 2.27. The van der Waals surface area contributed by atoms with Gasteiger partial charge in [0.1, 0.15) is 0 Å². The standard InChI is InChI=1S/C9H17NO2/c1-2-9(12)10-7-4-3-5-8(11)6-7/h7-8,11H,2-6H2,1H3,(H,10,12)/t7-,8-/m0/s1. The molecule has 1 saturated carbocycles. The molecule has 0 aromatic rings. The average molecular weight is 171 g/mol. The Morgan fingerprint density at radius 3 is 2.92 bits per heavy atom. The van der Waals surface area contributed by atoms with Gasteiger partial charge in [-0.1, -0.05) is 6.92 Å². The van der Waals surface area contributed by atoms with Gasteiger partial charge in [-0.2, -0.15) is 0 Å². The number of hydrogen-bond donors (Lipinski definition) is 2. The Morgan fingerprint density at radius 2 is 2.33 bits per heavy atom. The number of aliphatic hydroxyl groups is 1. The maximum Gasteiger partial charge on any atom is 0.219 e. The third kappa shape index (κ3) is 2.81. The lowest BCUT2D eigenvalue weighted by atomic mass is 9.93. The maximum absolute atomic E-state index is 11.0. The van der Waals surface area contributed by atoms with Gasteiger partial charge in [0.05, 0.1) is 6.10 Å². The number of nitrogens with one attached hydrogen (secondary N) is 1. The molecule has 3 nitrogen and oxygen atoms in total. The van der Waals surface area contributed by atoms with E-state index >= 15 is 0 Å². The van der Waals surface area contributed by atoms with Crippen LogP contribution in [0, 0.1) is 0 Å². The smallest absolute Gasteiger partial charge is 0.219 e. The van der Waals surface area contributed by atoms with Crippen molar-refractivity contribution in [2.45, 2.75) is 51.2 Å². The lowest BCUT2D eigenvalue weighted by Gasteiger charge is -2.26. The zero-order chi connectivity index (χ0) is 8.97. The molecule has 12 heavy (non-hydrogen) atoms. The van der Waals surface area contributed by atoms with E-state index in [4.69, 9.17) is 0 Å². The van der Waals surface area contributed by atoms with Gasteiger partial charge in [-0.15, -0.1) is 0 Å². The van der Waals surface area contributed by atoms with Crippen LogP contribution in [-0.2, 0) is 4.79 Å². The molecule has 3 heteroatoms. The second-order valence-corrected chi connectivity index (χ2v) is 3.44. The lowest BCUT2D eigenvalue weighted by Crippen LogP contribution is -2.39. The molecular formula is C9H17NO2. The van der Waals surface area contributed by atoms with Crippen molar-refractivity contribution in [3.8, 4) is 0 Å². The minimum atomic E-state index is -0.207. The molecule has 0 aliphatic heterocycles. The summed E-state index contributed by atoms with van der Waals surface area (Å²) in [5, 5.41) is 12.2. The fourth-order valence-electron chi connectivity index (χ4n) is 1.62. The second kappa shape index (κ2) is 4.45. The van der Waals surface area contributed by atoms with E-state index in [1.807, 2.05) is 6.92 Å². The maximum atomic E-state index is 11.0. The Morgan fingerprint density at radius 1 is 1.58 bits per heavy atom. The number of carbonyl (C=O) groups excluding carboxylic acids is 1. The van der Waals surface area contributed by atoms with E-state index in [-0.39, 0.29) is 18.1 Å². The first-order chi connectivity index (χ1) is 5.72. The van der Waals surface area contributed by atoms with Crippen LogP contribution in [-0.4, -0.2) is 23.2 Å². The first kappa shape index (κ1) is 9.52. The van der Waals surface area contributed by atoms with Gasteiger partial charge in [-0.3, -0.25) is 4.79 Å². The number of hydrogen-bond acceptors (Lipinski definition) is 2. The Labute approximate surface area is 73.2 Å². The molecule has 1 rings (SSSR count). The van der Waals surface area contributed by atoms with Crippen LogP contribution in [0.2, 0.25) is 0 Å². The van der Waals surface area contributed by atoms with Crippen molar-refractivity contribution >= 4 is 5.91 Å². The Bertz CT molecular complexity index is 159. The predicted octanol–water partition coefficient (Wildman–Crippen LogP) is 0.816. The van der Waals surface area contributed by atoms with Gasteiger partial charge < -0.3 is 10.4 Å². The summed E-state index contributed by atoms with van der Waals surface area (Å²) in [4.78, 5) is 11.0. The molecule has 1 fully saturated rings. The summed E-state index contributed by atoms with van der Waals surface area (Å²) in [7, 11) is 0. The number of aliphatic hydroxyl groups excluding tert-OH is 1. The van der Waals surface area contributed by atoms with E-state index in [9.17, 15) is 9.90 Å². The van der Waals surface area contributed by atoms with Crippen molar-refractivity contribution in [2.24, 2.45) is 0 Å². The first-order valence-electron chi connectivity index (χ1n) is 4.69. The van der Waals surface area contributed by atoms with E-state index in [1.165, 1.54) is 0 Å². The number of carbonyl (C=O) groups is 1. The van der Waals surface area contributed by atoms with Crippen LogP contribution in [0.25, 0.3) is 0 Å². The molecule has 0 bridgehead atoms. The summed E-state index contributed by atoms with van der Waals surface area (Å²) in [5.41, 5.74) is 0. The third-order valence-electron chi connectivity index (χ3n) is 2.33. The highest BCUT2D eigenvalue weighted by Crippen LogP contribution is 2.18. The van der Waals surface area contributed by atoms with Crippen molar-refractivity contribution in [2.75, 3.05) is 0 Å². The van der Waals surface area contributed by atoms with Gasteiger partial charge in [0.25, 0.3) is 0 Å². The van der Waals surface area contributed by atoms with Gasteiger partial charge in [-0.05, 0) is 25.7 Å². The second-order valence-electron chi connectivity index (χ2n) is 3.44. The van der Waals surface area contributed by atoms with Crippen LogP contribution in [0.4, 0.5) is 0 Å². The molecular weight excluding hydrogens is 154 g/mol. The minimum Gasteiger partial charge on any atom is -0.393 e. The minimum absolute atomic E-state index is 0.0918. The molecule has 70 valence electrons. The van der Waals surface area contributed by atoms with E-state index in [0.29, 0.717) is 6.42 Å².